The first-order chi connectivity index (χ1) is 33.8. The van der Waals surface area contributed by atoms with Gasteiger partial charge in [-0.15, -0.1) is 0 Å². The van der Waals surface area contributed by atoms with Crippen molar-refractivity contribution in [1.82, 2.24) is 9.13 Å². The first kappa shape index (κ1) is 47.5. The lowest BCUT2D eigenvalue weighted by Gasteiger charge is -2.20. The summed E-state index contributed by atoms with van der Waals surface area (Å²) in [5.74, 6) is 0. The Kier molecular flexibility index (Phi) is 10.8. The van der Waals surface area contributed by atoms with Gasteiger partial charge in [-0.3, -0.25) is 0 Å². The molecule has 72 heavy (non-hydrogen) atoms. The van der Waals surface area contributed by atoms with E-state index in [0.717, 1.165) is 18.2 Å². The van der Waals surface area contributed by atoms with Crippen molar-refractivity contribution in [2.24, 2.45) is 0 Å². The van der Waals surface area contributed by atoms with Gasteiger partial charge in [-0.25, -0.2) is 0 Å². The minimum absolute atomic E-state index is 0.00763. The molecule has 0 atom stereocenters. The molecular formula is C54H26F15N3. The maximum absolute atomic E-state index is 14.6. The number of aromatic nitrogens is 2. The highest BCUT2D eigenvalue weighted by atomic mass is 19.4. The smallest absolute Gasteiger partial charge is 0.308 e. The van der Waals surface area contributed by atoms with E-state index in [1.54, 1.807) is 48.5 Å². The lowest BCUT2D eigenvalue weighted by molar-refractivity contribution is -0.144. The number of nitrogens with zero attached hydrogens (tertiary/aromatic N) is 3. The Morgan fingerprint density at radius 2 is 0.722 bits per heavy atom. The molecule has 0 saturated heterocycles. The van der Waals surface area contributed by atoms with Crippen molar-refractivity contribution in [2.45, 2.75) is 30.9 Å². The van der Waals surface area contributed by atoms with Crippen LogP contribution in [-0.2, 0) is 30.9 Å². The van der Waals surface area contributed by atoms with Crippen LogP contribution in [0.5, 0.6) is 0 Å². The fourth-order valence-corrected chi connectivity index (χ4v) is 9.33. The zero-order valence-electron chi connectivity index (χ0n) is 36.0. The van der Waals surface area contributed by atoms with E-state index in [4.69, 9.17) is 0 Å². The second-order valence-electron chi connectivity index (χ2n) is 16.8. The Hall–Kier alpha value is -8.20. The topological polar surface area (TPSA) is 33.6 Å². The lowest BCUT2D eigenvalue weighted by atomic mass is 9.95. The second kappa shape index (κ2) is 16.4. The summed E-state index contributed by atoms with van der Waals surface area (Å²) in [5.41, 5.74) is -8.50. The zero-order valence-corrected chi connectivity index (χ0v) is 36.0. The maximum atomic E-state index is 14.6. The van der Waals surface area contributed by atoms with Gasteiger partial charge in [-0.2, -0.15) is 71.1 Å². The van der Waals surface area contributed by atoms with E-state index in [0.29, 0.717) is 56.8 Å². The van der Waals surface area contributed by atoms with E-state index in [2.05, 4.69) is 6.07 Å². The van der Waals surface area contributed by atoms with Gasteiger partial charge in [0, 0.05) is 21.5 Å². The molecule has 0 spiro atoms. The Labute approximate surface area is 395 Å². The van der Waals surface area contributed by atoms with Crippen LogP contribution >= 0.6 is 0 Å². The van der Waals surface area contributed by atoms with Crippen LogP contribution in [0.2, 0.25) is 0 Å². The standard InChI is InChI=1S/C54H26F15N3/c55-50(56,57)32-7-5-6-28(20-32)31-23-48(71-44-10-3-1-8-37(44)39-16-12-29(21-46(39)71)35-18-14-33(51(58,59)60)25-42(35)53(64,65)66)41(27-70)49(24-31)72-45-11-4-2-9-38(45)40-17-13-30(22-47(40)72)36-19-15-34(52(61,62)63)26-43(36)54(67,68)69/h1-26H. The largest absolute Gasteiger partial charge is 0.417 e. The third kappa shape index (κ3) is 8.11. The molecule has 10 rings (SSSR count). The lowest BCUT2D eigenvalue weighted by Crippen LogP contribution is -2.12. The van der Waals surface area contributed by atoms with Crippen LogP contribution in [0.1, 0.15) is 33.4 Å². The molecule has 362 valence electrons. The number of hydrogen-bond acceptors (Lipinski definition) is 1. The summed E-state index contributed by atoms with van der Waals surface area (Å²) >= 11 is 0. The number of alkyl halides is 15. The molecule has 2 aromatic heterocycles. The minimum atomic E-state index is -5.27. The normalized spacial score (nSPS) is 12.9. The highest BCUT2D eigenvalue weighted by Gasteiger charge is 2.40. The van der Waals surface area contributed by atoms with Crippen LogP contribution in [0.3, 0.4) is 0 Å². The van der Waals surface area contributed by atoms with Crippen LogP contribution in [-0.4, -0.2) is 9.13 Å². The highest BCUT2D eigenvalue weighted by molar-refractivity contribution is 6.12. The zero-order chi connectivity index (χ0) is 51.4. The van der Waals surface area contributed by atoms with Crippen molar-refractivity contribution in [3.05, 3.63) is 191 Å². The molecule has 0 radical (unpaired) electrons. The summed E-state index contributed by atoms with van der Waals surface area (Å²) in [5, 5.41) is 13.0. The molecule has 10 aromatic rings. The van der Waals surface area contributed by atoms with Gasteiger partial charge < -0.3 is 9.13 Å². The van der Waals surface area contributed by atoms with E-state index < -0.39 is 69.8 Å². The Balaban J connectivity index is 1.32. The average Bonchev–Trinajstić information content (AvgIpc) is 3.83. The number of rotatable bonds is 5. The highest BCUT2D eigenvalue weighted by Crippen LogP contribution is 2.47. The number of fused-ring (bicyclic) bond motifs is 6. The van der Waals surface area contributed by atoms with Crippen LogP contribution in [0.25, 0.3) is 88.4 Å². The van der Waals surface area contributed by atoms with E-state index >= 15 is 0 Å². The predicted molar refractivity (Wildman–Crippen MR) is 241 cm³/mol. The molecule has 0 unspecified atom stereocenters. The van der Waals surface area contributed by atoms with Gasteiger partial charge in [0.05, 0.1) is 61.3 Å². The van der Waals surface area contributed by atoms with Crippen molar-refractivity contribution in [3.8, 4) is 50.8 Å². The summed E-state index contributed by atoms with van der Waals surface area (Å²) in [6.45, 7) is 0. The molecule has 0 fully saturated rings. The third-order valence-electron chi connectivity index (χ3n) is 12.5. The Morgan fingerprint density at radius 1 is 0.319 bits per heavy atom. The van der Waals surface area contributed by atoms with E-state index in [-0.39, 0.29) is 62.4 Å². The van der Waals surface area contributed by atoms with Crippen molar-refractivity contribution >= 4 is 43.6 Å². The van der Waals surface area contributed by atoms with Crippen LogP contribution < -0.4 is 0 Å². The molecule has 0 aliphatic carbocycles. The number of benzene rings is 8. The van der Waals surface area contributed by atoms with Crippen LogP contribution in [0.4, 0.5) is 65.9 Å². The van der Waals surface area contributed by atoms with Gasteiger partial charge in [-0.05, 0) is 106 Å². The fourth-order valence-electron chi connectivity index (χ4n) is 9.33. The molecule has 3 nitrogen and oxygen atoms in total. The van der Waals surface area contributed by atoms with Gasteiger partial charge >= 0.3 is 30.9 Å². The van der Waals surface area contributed by atoms with Crippen LogP contribution in [0.15, 0.2) is 158 Å². The number of halogens is 15. The first-order valence-corrected chi connectivity index (χ1v) is 21.2. The minimum Gasteiger partial charge on any atom is -0.308 e. The predicted octanol–water partition coefficient (Wildman–Crippen LogP) is 17.8. The van der Waals surface area contributed by atoms with Crippen molar-refractivity contribution in [1.29, 1.82) is 5.26 Å². The maximum Gasteiger partial charge on any atom is 0.417 e. The Bertz CT molecular complexity index is 3660. The molecule has 0 saturated carbocycles. The summed E-state index contributed by atoms with van der Waals surface area (Å²) in [6.07, 6.45) is -25.6. The summed E-state index contributed by atoms with van der Waals surface area (Å²) in [7, 11) is 0. The molecule has 0 aliphatic heterocycles. The van der Waals surface area contributed by atoms with Gasteiger partial charge in [0.2, 0.25) is 0 Å². The second-order valence-corrected chi connectivity index (χ2v) is 16.8. The van der Waals surface area contributed by atoms with E-state index in [9.17, 15) is 71.1 Å². The SMILES string of the molecule is N#Cc1c(-n2c3ccccc3c3ccc(-c4ccc(C(F)(F)F)cc4C(F)(F)F)cc32)cc(-c2cccc(C(F)(F)F)c2)cc1-n1c2ccccc2c2ccc(-c3ccc(C(F)(F)F)cc3C(F)(F)F)cc21. The van der Waals surface area contributed by atoms with Crippen molar-refractivity contribution < 1.29 is 65.9 Å². The average molecular weight is 1000 g/mol. The monoisotopic (exact) mass is 1000 g/mol. The van der Waals surface area contributed by atoms with Crippen molar-refractivity contribution in [2.75, 3.05) is 0 Å². The molecular weight excluding hydrogens is 976 g/mol. The molecule has 2 heterocycles. The molecule has 0 aliphatic rings. The molecule has 0 N–H and O–H groups in total. The number of para-hydroxylation sites is 2. The summed E-state index contributed by atoms with van der Waals surface area (Å²) in [4.78, 5) is 0. The van der Waals surface area contributed by atoms with Gasteiger partial charge in [0.15, 0.2) is 0 Å². The number of hydrogen-bond donors (Lipinski definition) is 0. The summed E-state index contributed by atoms with van der Waals surface area (Å²) in [6, 6.07) is 32.4. The molecule has 0 bridgehead atoms. The Morgan fingerprint density at radius 3 is 1.12 bits per heavy atom. The van der Waals surface area contributed by atoms with Gasteiger partial charge in [0.1, 0.15) is 11.6 Å². The van der Waals surface area contributed by atoms with Gasteiger partial charge in [0.25, 0.3) is 0 Å². The first-order valence-electron chi connectivity index (χ1n) is 21.2. The quantitative estimate of drug-likeness (QED) is 0.158. The van der Waals surface area contributed by atoms with Crippen molar-refractivity contribution in [3.63, 3.8) is 0 Å². The van der Waals surface area contributed by atoms with Crippen LogP contribution in [0, 0.1) is 11.3 Å². The third-order valence-corrected chi connectivity index (χ3v) is 12.5. The fraction of sp³-hybridized carbons (Fsp3) is 0.0926. The van der Waals surface area contributed by atoms with E-state index in [1.165, 1.54) is 63.7 Å². The van der Waals surface area contributed by atoms with Gasteiger partial charge in [-0.1, -0.05) is 84.9 Å². The molecule has 8 aromatic carbocycles. The summed E-state index contributed by atoms with van der Waals surface area (Å²) < 4.78 is 216. The number of nitriles is 1. The molecule has 18 heteroatoms. The molecule has 0 amide bonds. The van der Waals surface area contributed by atoms with E-state index in [1.807, 2.05) is 0 Å².